The summed E-state index contributed by atoms with van der Waals surface area (Å²) >= 11 is 0. The largest absolute Gasteiger partial charge is 0.354 e. The highest BCUT2D eigenvalue weighted by Gasteiger charge is 2.06. The van der Waals surface area contributed by atoms with Gasteiger partial charge >= 0.3 is 0 Å². The molecule has 1 heterocycles. The fourth-order valence-corrected chi connectivity index (χ4v) is 1.67. The van der Waals surface area contributed by atoms with Crippen molar-refractivity contribution in [2.24, 2.45) is 0 Å². The Labute approximate surface area is 110 Å². The normalized spacial score (nSPS) is 10.0. The van der Waals surface area contributed by atoms with Crippen molar-refractivity contribution in [3.63, 3.8) is 0 Å². The van der Waals surface area contributed by atoms with Gasteiger partial charge in [-0.25, -0.2) is 10.5 Å². The molecule has 0 aliphatic rings. The fourth-order valence-electron chi connectivity index (χ4n) is 1.67. The van der Waals surface area contributed by atoms with E-state index in [-0.39, 0.29) is 0 Å². The van der Waals surface area contributed by atoms with Crippen LogP contribution in [0, 0.1) is 0 Å². The SMILES string of the molecule is CN(Cc1ccc(C(=O)NO)cc1)c1cnccn1. The second kappa shape index (κ2) is 5.92. The molecule has 0 saturated carbocycles. The van der Waals surface area contributed by atoms with Crippen molar-refractivity contribution in [3.05, 3.63) is 54.0 Å². The molecular formula is C13H14N4O2. The number of nitrogens with one attached hydrogen (secondary N) is 1. The maximum atomic E-state index is 11.2. The van der Waals surface area contributed by atoms with Crippen LogP contribution >= 0.6 is 0 Å². The number of nitrogens with zero attached hydrogens (tertiary/aromatic N) is 3. The zero-order valence-corrected chi connectivity index (χ0v) is 10.4. The number of rotatable bonds is 4. The van der Waals surface area contributed by atoms with Crippen molar-refractivity contribution in [1.29, 1.82) is 0 Å². The first-order chi connectivity index (χ1) is 9.20. The van der Waals surface area contributed by atoms with E-state index in [1.165, 1.54) is 0 Å². The van der Waals surface area contributed by atoms with Crippen LogP contribution in [0.1, 0.15) is 15.9 Å². The second-order valence-corrected chi connectivity index (χ2v) is 4.06. The molecule has 6 nitrogen and oxygen atoms in total. The van der Waals surface area contributed by atoms with Crippen LogP contribution in [0.4, 0.5) is 5.82 Å². The molecule has 98 valence electrons. The molecule has 2 rings (SSSR count). The minimum absolute atomic E-state index is 0.411. The topological polar surface area (TPSA) is 78.4 Å². The number of carbonyl (C=O) groups is 1. The summed E-state index contributed by atoms with van der Waals surface area (Å²) in [5.74, 6) is 0.258. The van der Waals surface area contributed by atoms with Gasteiger partial charge in [-0.05, 0) is 17.7 Å². The van der Waals surface area contributed by atoms with Gasteiger partial charge in [0.05, 0.1) is 6.20 Å². The van der Waals surface area contributed by atoms with Crippen LogP contribution in [0.3, 0.4) is 0 Å². The number of hydrogen-bond donors (Lipinski definition) is 2. The first-order valence-corrected chi connectivity index (χ1v) is 5.71. The van der Waals surface area contributed by atoms with Crippen molar-refractivity contribution < 1.29 is 10.0 Å². The van der Waals surface area contributed by atoms with Crippen LogP contribution in [0.5, 0.6) is 0 Å². The average molecular weight is 258 g/mol. The van der Waals surface area contributed by atoms with Crippen molar-refractivity contribution in [3.8, 4) is 0 Å². The van der Waals surface area contributed by atoms with E-state index < -0.39 is 5.91 Å². The van der Waals surface area contributed by atoms with Gasteiger partial charge in [0.2, 0.25) is 0 Å². The summed E-state index contributed by atoms with van der Waals surface area (Å²) < 4.78 is 0. The molecule has 0 radical (unpaired) electrons. The lowest BCUT2D eigenvalue weighted by Gasteiger charge is -2.17. The van der Waals surface area contributed by atoms with Gasteiger partial charge in [0.15, 0.2) is 0 Å². The molecule has 2 aromatic rings. The maximum Gasteiger partial charge on any atom is 0.274 e. The Morgan fingerprint density at radius 1 is 1.32 bits per heavy atom. The molecule has 1 amide bonds. The summed E-state index contributed by atoms with van der Waals surface area (Å²) in [4.78, 5) is 21.3. The number of anilines is 1. The number of aromatic nitrogens is 2. The lowest BCUT2D eigenvalue weighted by molar-refractivity contribution is 0.0706. The van der Waals surface area contributed by atoms with Crippen LogP contribution < -0.4 is 10.4 Å². The molecule has 1 aromatic heterocycles. The minimum Gasteiger partial charge on any atom is -0.354 e. The van der Waals surface area contributed by atoms with Gasteiger partial charge in [-0.3, -0.25) is 15.0 Å². The Kier molecular flexibility index (Phi) is 4.04. The highest BCUT2D eigenvalue weighted by molar-refractivity contribution is 5.93. The van der Waals surface area contributed by atoms with Crippen molar-refractivity contribution in [1.82, 2.24) is 15.4 Å². The quantitative estimate of drug-likeness (QED) is 0.637. The maximum absolute atomic E-state index is 11.2. The van der Waals surface area contributed by atoms with E-state index in [0.29, 0.717) is 12.1 Å². The molecule has 0 fully saturated rings. The smallest absolute Gasteiger partial charge is 0.274 e. The van der Waals surface area contributed by atoms with Crippen LogP contribution in [0.15, 0.2) is 42.9 Å². The Balaban J connectivity index is 2.06. The number of hydroxylamine groups is 1. The van der Waals surface area contributed by atoms with Crippen molar-refractivity contribution in [2.75, 3.05) is 11.9 Å². The van der Waals surface area contributed by atoms with E-state index in [2.05, 4.69) is 9.97 Å². The Morgan fingerprint density at radius 2 is 2.05 bits per heavy atom. The molecule has 0 spiro atoms. The van der Waals surface area contributed by atoms with Gasteiger partial charge in [0, 0.05) is 31.5 Å². The predicted molar refractivity (Wildman–Crippen MR) is 69.8 cm³/mol. The monoisotopic (exact) mass is 258 g/mol. The fraction of sp³-hybridized carbons (Fsp3) is 0.154. The van der Waals surface area contributed by atoms with E-state index in [1.807, 2.05) is 24.1 Å². The lowest BCUT2D eigenvalue weighted by atomic mass is 10.1. The van der Waals surface area contributed by atoms with Gasteiger partial charge in [-0.1, -0.05) is 12.1 Å². The third-order valence-electron chi connectivity index (χ3n) is 2.68. The summed E-state index contributed by atoms with van der Waals surface area (Å²) in [5, 5.41) is 8.53. The standard InChI is InChI=1S/C13H14N4O2/c1-17(12-8-14-6-7-15-12)9-10-2-4-11(5-3-10)13(18)16-19/h2-8,19H,9H2,1H3,(H,16,18). The highest BCUT2D eigenvalue weighted by Crippen LogP contribution is 2.11. The van der Waals surface area contributed by atoms with Crippen LogP contribution in [0.25, 0.3) is 0 Å². The average Bonchev–Trinajstić information content (AvgIpc) is 2.48. The van der Waals surface area contributed by atoms with Crippen LogP contribution in [-0.4, -0.2) is 28.1 Å². The molecule has 0 aliphatic heterocycles. The molecule has 0 bridgehead atoms. The first-order valence-electron chi connectivity index (χ1n) is 5.71. The Hall–Kier alpha value is -2.47. The molecule has 0 saturated heterocycles. The summed E-state index contributed by atoms with van der Waals surface area (Å²) in [6.07, 6.45) is 4.95. The first kappa shape index (κ1) is 13.0. The Morgan fingerprint density at radius 3 is 2.63 bits per heavy atom. The van der Waals surface area contributed by atoms with Gasteiger partial charge in [0.1, 0.15) is 5.82 Å². The molecule has 0 aliphatic carbocycles. The zero-order valence-electron chi connectivity index (χ0n) is 10.4. The van der Waals surface area contributed by atoms with Crippen LogP contribution in [-0.2, 0) is 6.54 Å². The summed E-state index contributed by atoms with van der Waals surface area (Å²) in [6, 6.07) is 6.98. The molecule has 6 heteroatoms. The highest BCUT2D eigenvalue weighted by atomic mass is 16.5. The molecular weight excluding hydrogens is 244 g/mol. The molecule has 19 heavy (non-hydrogen) atoms. The van der Waals surface area contributed by atoms with Gasteiger partial charge < -0.3 is 4.90 Å². The van der Waals surface area contributed by atoms with E-state index in [4.69, 9.17) is 5.21 Å². The lowest BCUT2D eigenvalue weighted by Crippen LogP contribution is -2.19. The number of hydrogen-bond acceptors (Lipinski definition) is 5. The molecule has 1 aromatic carbocycles. The summed E-state index contributed by atoms with van der Waals surface area (Å²) in [7, 11) is 1.92. The van der Waals surface area contributed by atoms with Crippen molar-refractivity contribution >= 4 is 11.7 Å². The molecule has 0 atom stereocenters. The zero-order chi connectivity index (χ0) is 13.7. The molecule has 0 unspecified atom stereocenters. The number of benzene rings is 1. The molecule has 2 N–H and O–H groups in total. The van der Waals surface area contributed by atoms with Crippen molar-refractivity contribution in [2.45, 2.75) is 6.54 Å². The van der Waals surface area contributed by atoms with Gasteiger partial charge in [-0.15, -0.1) is 0 Å². The Bertz CT molecular complexity index is 542. The van der Waals surface area contributed by atoms with E-state index in [9.17, 15) is 4.79 Å². The third kappa shape index (κ3) is 3.26. The number of carbonyl (C=O) groups excluding carboxylic acids is 1. The van der Waals surface area contributed by atoms with Crippen LogP contribution in [0.2, 0.25) is 0 Å². The summed E-state index contributed by atoms with van der Waals surface area (Å²) in [6.45, 7) is 0.652. The minimum atomic E-state index is -0.520. The number of amides is 1. The van der Waals surface area contributed by atoms with E-state index >= 15 is 0 Å². The van der Waals surface area contributed by atoms with Gasteiger partial charge in [-0.2, -0.15) is 0 Å². The third-order valence-corrected chi connectivity index (χ3v) is 2.68. The van der Waals surface area contributed by atoms with E-state index in [0.717, 1.165) is 11.4 Å². The predicted octanol–water partition coefficient (Wildman–Crippen LogP) is 1.23. The van der Waals surface area contributed by atoms with Gasteiger partial charge in [0.25, 0.3) is 5.91 Å². The summed E-state index contributed by atoms with van der Waals surface area (Å²) in [5.41, 5.74) is 3.04. The van der Waals surface area contributed by atoms with E-state index in [1.54, 1.807) is 36.2 Å². The second-order valence-electron chi connectivity index (χ2n) is 4.06.